The number of hydrogen-bond acceptors (Lipinski definition) is 6. The third-order valence-electron chi connectivity index (χ3n) is 3.94. The molecule has 0 aliphatic rings. The summed E-state index contributed by atoms with van der Waals surface area (Å²) in [4.78, 5) is 2.24. The van der Waals surface area contributed by atoms with E-state index in [9.17, 15) is 0 Å². The largest absolute Gasteiger partial charge is 0.494 e. The van der Waals surface area contributed by atoms with Crippen LogP contribution in [-0.4, -0.2) is 62.9 Å². The van der Waals surface area contributed by atoms with Crippen LogP contribution in [0.5, 0.6) is 5.75 Å². The van der Waals surface area contributed by atoms with Crippen molar-refractivity contribution in [2.45, 2.75) is 39.0 Å². The molecular weight excluding hydrogens is 358 g/mol. The van der Waals surface area contributed by atoms with Gasteiger partial charge in [-0.05, 0) is 69.1 Å². The maximum absolute atomic E-state index is 5.81. The molecule has 0 saturated carbocycles. The van der Waals surface area contributed by atoms with Crippen LogP contribution in [0.4, 0.5) is 0 Å². The number of nitrogens with zero attached hydrogens (tertiary/aromatic N) is 3. The fourth-order valence-corrected chi connectivity index (χ4v) is 2.93. The third kappa shape index (κ3) is 12.5. The molecule has 0 aliphatic carbocycles. The van der Waals surface area contributed by atoms with Gasteiger partial charge in [-0.15, -0.1) is 5.10 Å². The molecule has 0 unspecified atom stereocenters. The summed E-state index contributed by atoms with van der Waals surface area (Å²) in [5.41, 5.74) is 0.991. The van der Waals surface area contributed by atoms with Crippen molar-refractivity contribution in [1.29, 1.82) is 0 Å². The predicted octanol–water partition coefficient (Wildman–Crippen LogP) is 4.71. The lowest BCUT2D eigenvalue weighted by molar-refractivity contribution is 0.303. The molecule has 0 bridgehead atoms. The van der Waals surface area contributed by atoms with Gasteiger partial charge in [-0.25, -0.2) is 0 Å². The third-order valence-corrected chi connectivity index (χ3v) is 4.80. The Balaban J connectivity index is 2.23. The number of rotatable bonds is 14. The Bertz CT molecular complexity index is 545. The zero-order valence-corrected chi connectivity index (χ0v) is 18.1. The van der Waals surface area contributed by atoms with Gasteiger partial charge in [0.1, 0.15) is 5.75 Å². The maximum Gasteiger partial charge on any atom is 0.218 e. The Labute approximate surface area is 169 Å². The van der Waals surface area contributed by atoms with Crippen molar-refractivity contribution in [3.8, 4) is 5.75 Å². The number of benzene rings is 1. The number of methoxy groups -OCH3 is 1. The standard InChI is InChI=1S/C21H35N3O2S/c1-5-27-18-21(25-4)23-22-17-19-11-13-20(14-12-19)26-16-10-8-6-7-9-15-24(2)3/h11-14,17H,5-10,15-16,18H2,1-4H3/b22-17+,23-21-. The van der Waals surface area contributed by atoms with E-state index in [2.05, 4.69) is 36.1 Å². The van der Waals surface area contributed by atoms with Gasteiger partial charge in [0.15, 0.2) is 0 Å². The first-order valence-electron chi connectivity index (χ1n) is 9.75. The highest BCUT2D eigenvalue weighted by Gasteiger charge is 1.98. The molecule has 0 aliphatic heterocycles. The van der Waals surface area contributed by atoms with E-state index in [1.54, 1.807) is 25.1 Å². The summed E-state index contributed by atoms with van der Waals surface area (Å²) in [7, 11) is 5.88. The maximum atomic E-state index is 5.81. The van der Waals surface area contributed by atoms with Crippen molar-refractivity contribution in [1.82, 2.24) is 4.90 Å². The van der Waals surface area contributed by atoms with Crippen LogP contribution in [0.1, 0.15) is 44.6 Å². The van der Waals surface area contributed by atoms with Crippen LogP contribution in [0.15, 0.2) is 34.5 Å². The van der Waals surface area contributed by atoms with Crippen LogP contribution in [0.3, 0.4) is 0 Å². The summed E-state index contributed by atoms with van der Waals surface area (Å²) in [6.07, 6.45) is 7.94. The second-order valence-electron chi connectivity index (χ2n) is 6.57. The van der Waals surface area contributed by atoms with Gasteiger partial charge in [0.25, 0.3) is 0 Å². The molecule has 152 valence electrons. The van der Waals surface area contributed by atoms with E-state index < -0.39 is 0 Å². The predicted molar refractivity (Wildman–Crippen MR) is 119 cm³/mol. The Morgan fingerprint density at radius 2 is 1.78 bits per heavy atom. The molecule has 0 spiro atoms. The number of ether oxygens (including phenoxy) is 2. The molecule has 5 nitrogen and oxygen atoms in total. The van der Waals surface area contributed by atoms with Crippen LogP contribution >= 0.6 is 11.8 Å². The zero-order valence-electron chi connectivity index (χ0n) is 17.3. The van der Waals surface area contributed by atoms with Gasteiger partial charge < -0.3 is 14.4 Å². The monoisotopic (exact) mass is 393 g/mol. The minimum Gasteiger partial charge on any atom is -0.494 e. The average Bonchev–Trinajstić information content (AvgIpc) is 2.67. The molecule has 0 atom stereocenters. The highest BCUT2D eigenvalue weighted by molar-refractivity contribution is 7.99. The van der Waals surface area contributed by atoms with Gasteiger partial charge in [0.2, 0.25) is 5.90 Å². The van der Waals surface area contributed by atoms with Gasteiger partial charge in [-0.1, -0.05) is 26.2 Å². The Kier molecular flexibility index (Phi) is 13.5. The summed E-state index contributed by atoms with van der Waals surface area (Å²) < 4.78 is 11.0. The van der Waals surface area contributed by atoms with E-state index >= 15 is 0 Å². The van der Waals surface area contributed by atoms with Crippen molar-refractivity contribution < 1.29 is 9.47 Å². The molecule has 0 N–H and O–H groups in total. The molecule has 1 rings (SSSR count). The fourth-order valence-electron chi connectivity index (χ4n) is 2.38. The Morgan fingerprint density at radius 3 is 2.44 bits per heavy atom. The minimum absolute atomic E-state index is 0.639. The van der Waals surface area contributed by atoms with Crippen molar-refractivity contribution in [2.75, 3.05) is 45.9 Å². The van der Waals surface area contributed by atoms with E-state index in [0.29, 0.717) is 5.90 Å². The lowest BCUT2D eigenvalue weighted by Gasteiger charge is -2.09. The number of thioether (sulfide) groups is 1. The zero-order chi connectivity index (χ0) is 19.7. The van der Waals surface area contributed by atoms with Crippen molar-refractivity contribution in [3.63, 3.8) is 0 Å². The fraction of sp³-hybridized carbons (Fsp3) is 0.619. The van der Waals surface area contributed by atoms with Gasteiger partial charge in [-0.2, -0.15) is 16.9 Å². The second-order valence-corrected chi connectivity index (χ2v) is 7.84. The van der Waals surface area contributed by atoms with E-state index in [-0.39, 0.29) is 0 Å². The first-order chi connectivity index (χ1) is 13.2. The summed E-state index contributed by atoms with van der Waals surface area (Å²) >= 11 is 1.76. The first-order valence-corrected chi connectivity index (χ1v) is 10.9. The van der Waals surface area contributed by atoms with Crippen molar-refractivity contribution >= 4 is 23.9 Å². The minimum atomic E-state index is 0.639. The van der Waals surface area contributed by atoms with Gasteiger partial charge in [0, 0.05) is 0 Å². The summed E-state index contributed by atoms with van der Waals surface area (Å²) in [5.74, 6) is 3.32. The topological polar surface area (TPSA) is 46.4 Å². The van der Waals surface area contributed by atoms with E-state index in [4.69, 9.17) is 9.47 Å². The lowest BCUT2D eigenvalue weighted by Crippen LogP contribution is -2.12. The Morgan fingerprint density at radius 1 is 1.07 bits per heavy atom. The molecule has 0 saturated heterocycles. The van der Waals surface area contributed by atoms with Gasteiger partial charge in [0.05, 0.1) is 25.7 Å². The SMILES string of the molecule is CCSC/C(=N/N=C/c1ccc(OCCCCCCCN(C)C)cc1)OC. The number of unbranched alkanes of at least 4 members (excludes halogenated alkanes) is 4. The van der Waals surface area contributed by atoms with E-state index in [1.807, 2.05) is 24.3 Å². The second kappa shape index (κ2) is 15.5. The first kappa shape index (κ1) is 23.5. The summed E-state index contributed by atoms with van der Waals surface area (Å²) in [5, 5.41) is 8.21. The molecule has 0 aromatic heterocycles. The van der Waals surface area contributed by atoms with Crippen LogP contribution in [0, 0.1) is 0 Å². The van der Waals surface area contributed by atoms with Crippen LogP contribution in [-0.2, 0) is 4.74 Å². The van der Waals surface area contributed by atoms with Crippen LogP contribution < -0.4 is 4.74 Å². The van der Waals surface area contributed by atoms with Gasteiger partial charge >= 0.3 is 0 Å². The molecule has 1 aromatic rings. The molecule has 0 radical (unpaired) electrons. The summed E-state index contributed by atoms with van der Waals surface area (Å²) in [6.45, 7) is 4.07. The molecule has 0 fully saturated rings. The molecule has 27 heavy (non-hydrogen) atoms. The Hall–Kier alpha value is -1.53. The van der Waals surface area contributed by atoms with E-state index in [1.165, 1.54) is 32.2 Å². The molecule has 1 aromatic carbocycles. The molecule has 6 heteroatoms. The smallest absolute Gasteiger partial charge is 0.218 e. The molecule has 0 amide bonds. The lowest BCUT2D eigenvalue weighted by atomic mass is 10.1. The van der Waals surface area contributed by atoms with E-state index in [0.717, 1.165) is 35.8 Å². The van der Waals surface area contributed by atoms with Gasteiger partial charge in [-0.3, -0.25) is 0 Å². The number of hydrogen-bond donors (Lipinski definition) is 0. The average molecular weight is 394 g/mol. The molecular formula is C21H35N3O2S. The van der Waals surface area contributed by atoms with Crippen LogP contribution in [0.25, 0.3) is 0 Å². The normalized spacial score (nSPS) is 12.1. The van der Waals surface area contributed by atoms with Crippen molar-refractivity contribution in [2.24, 2.45) is 10.2 Å². The summed E-state index contributed by atoms with van der Waals surface area (Å²) in [6, 6.07) is 7.93. The highest BCUT2D eigenvalue weighted by Crippen LogP contribution is 2.12. The molecule has 0 heterocycles. The van der Waals surface area contributed by atoms with Crippen LogP contribution in [0.2, 0.25) is 0 Å². The quantitative estimate of drug-likeness (QED) is 0.199. The van der Waals surface area contributed by atoms with Crippen molar-refractivity contribution in [3.05, 3.63) is 29.8 Å². The highest BCUT2D eigenvalue weighted by atomic mass is 32.2.